The molecule has 1 fully saturated rings. The summed E-state index contributed by atoms with van der Waals surface area (Å²) in [7, 11) is 0. The van der Waals surface area contributed by atoms with Crippen molar-refractivity contribution < 1.29 is 0 Å². The van der Waals surface area contributed by atoms with Crippen molar-refractivity contribution in [1.29, 1.82) is 0 Å². The van der Waals surface area contributed by atoms with E-state index in [1.54, 1.807) is 0 Å². The van der Waals surface area contributed by atoms with Crippen molar-refractivity contribution in [3.8, 4) is 0 Å². The largest absolute Gasteiger partial charge is 0.376 e. The Balaban J connectivity index is 1.63. The number of rotatable bonds is 2. The Morgan fingerprint density at radius 2 is 1.06 bits per heavy atom. The van der Waals surface area contributed by atoms with E-state index in [9.17, 15) is 0 Å². The Kier molecular flexibility index (Phi) is 4.85. The minimum absolute atomic E-state index is 0.0133. The first-order valence-corrected chi connectivity index (χ1v) is 12.3. The summed E-state index contributed by atoms with van der Waals surface area (Å²) < 4.78 is 0. The van der Waals surface area contributed by atoms with Gasteiger partial charge in [-0.15, -0.1) is 0 Å². The summed E-state index contributed by atoms with van der Waals surface area (Å²) in [6, 6.07) is 14.4. The Morgan fingerprint density at radius 1 is 0.625 bits per heavy atom. The molecule has 2 nitrogen and oxygen atoms in total. The van der Waals surface area contributed by atoms with E-state index in [-0.39, 0.29) is 16.5 Å². The van der Waals surface area contributed by atoms with Gasteiger partial charge in [0.05, 0.1) is 11.1 Å². The van der Waals surface area contributed by atoms with Gasteiger partial charge in [-0.1, -0.05) is 55.7 Å². The summed E-state index contributed by atoms with van der Waals surface area (Å²) in [5.74, 6) is 0. The number of anilines is 2. The van der Waals surface area contributed by atoms with Gasteiger partial charge in [-0.3, -0.25) is 0 Å². The van der Waals surface area contributed by atoms with E-state index < -0.39 is 0 Å². The highest BCUT2D eigenvalue weighted by Gasteiger charge is 2.37. The topological polar surface area (TPSA) is 24.1 Å². The molecular weight excluding hydrogens is 388 g/mol. The van der Waals surface area contributed by atoms with Crippen LogP contribution in [0.15, 0.2) is 48.6 Å². The number of allylic oxidation sites excluding steroid dienone is 2. The van der Waals surface area contributed by atoms with Gasteiger partial charge in [0.15, 0.2) is 0 Å². The maximum Gasteiger partial charge on any atom is 0.0505 e. The third-order valence-corrected chi connectivity index (χ3v) is 7.77. The van der Waals surface area contributed by atoms with Crippen LogP contribution in [-0.4, -0.2) is 11.1 Å². The van der Waals surface area contributed by atoms with Crippen LogP contribution in [0, 0.1) is 0 Å². The van der Waals surface area contributed by atoms with Crippen LogP contribution in [0.25, 0.3) is 11.1 Å². The lowest BCUT2D eigenvalue weighted by Crippen LogP contribution is -2.34. The molecule has 2 heteroatoms. The van der Waals surface area contributed by atoms with Gasteiger partial charge in [0.2, 0.25) is 0 Å². The first-order chi connectivity index (χ1) is 15.1. The number of benzene rings is 2. The van der Waals surface area contributed by atoms with Crippen molar-refractivity contribution >= 4 is 22.5 Å². The second-order valence-corrected chi connectivity index (χ2v) is 11.5. The van der Waals surface area contributed by atoms with Crippen molar-refractivity contribution in [2.75, 3.05) is 10.6 Å². The molecule has 0 saturated heterocycles. The molecule has 0 atom stereocenters. The minimum atomic E-state index is -0.0133. The maximum absolute atomic E-state index is 3.79. The Morgan fingerprint density at radius 3 is 1.50 bits per heavy atom. The van der Waals surface area contributed by atoms with Crippen molar-refractivity contribution in [2.45, 2.75) is 90.1 Å². The summed E-state index contributed by atoms with van der Waals surface area (Å²) >= 11 is 0. The van der Waals surface area contributed by atoms with E-state index in [1.165, 1.54) is 76.9 Å². The Labute approximate surface area is 194 Å². The van der Waals surface area contributed by atoms with Crippen LogP contribution in [0.3, 0.4) is 0 Å². The third kappa shape index (κ3) is 3.58. The Bertz CT molecular complexity index is 1040. The average Bonchev–Trinajstić information content (AvgIpc) is 2.71. The summed E-state index contributed by atoms with van der Waals surface area (Å²) in [6.45, 7) is 13.5. The van der Waals surface area contributed by atoms with Gasteiger partial charge >= 0.3 is 0 Å². The van der Waals surface area contributed by atoms with Gasteiger partial charge in [-0.25, -0.2) is 0 Å². The zero-order valence-electron chi connectivity index (χ0n) is 20.7. The molecule has 3 aliphatic rings. The molecule has 2 aliphatic heterocycles. The predicted octanol–water partition coefficient (Wildman–Crippen LogP) is 8.15. The molecule has 32 heavy (non-hydrogen) atoms. The summed E-state index contributed by atoms with van der Waals surface area (Å²) in [5, 5.41) is 7.57. The fourth-order valence-electron chi connectivity index (χ4n) is 6.48. The smallest absolute Gasteiger partial charge is 0.0505 e. The molecule has 0 bridgehead atoms. The lowest BCUT2D eigenvalue weighted by atomic mass is 9.64. The standard InChI is InChI=1S/C30H38N2/c1-20-18-28(3,4)31-26-16-22(10-12-24(20)26)30(14-8-7-9-15-30)23-11-13-25-21(2)19-29(5,6)32-27(25)17-23/h10-13,16-19,31-32H,7-9,14-15H2,1-6H3. The molecule has 2 heterocycles. The molecule has 1 aliphatic carbocycles. The summed E-state index contributed by atoms with van der Waals surface area (Å²) in [6.07, 6.45) is 11.1. The summed E-state index contributed by atoms with van der Waals surface area (Å²) in [4.78, 5) is 0. The lowest BCUT2D eigenvalue weighted by molar-refractivity contribution is 0.346. The zero-order valence-corrected chi connectivity index (χ0v) is 20.7. The molecule has 2 aromatic rings. The molecule has 2 N–H and O–H groups in total. The first kappa shape index (κ1) is 21.4. The monoisotopic (exact) mass is 426 g/mol. The highest BCUT2D eigenvalue weighted by atomic mass is 15.0. The predicted molar refractivity (Wildman–Crippen MR) is 139 cm³/mol. The molecule has 0 amide bonds. The van der Waals surface area contributed by atoms with E-state index >= 15 is 0 Å². The van der Waals surface area contributed by atoms with Crippen molar-refractivity contribution in [3.05, 3.63) is 70.8 Å². The first-order valence-electron chi connectivity index (χ1n) is 12.3. The second kappa shape index (κ2) is 7.27. The number of hydrogen-bond donors (Lipinski definition) is 2. The van der Waals surface area contributed by atoms with Crippen molar-refractivity contribution in [2.24, 2.45) is 0 Å². The number of nitrogens with one attached hydrogen (secondary N) is 2. The molecule has 0 radical (unpaired) electrons. The highest BCUT2D eigenvalue weighted by Crippen LogP contribution is 2.48. The van der Waals surface area contributed by atoms with E-state index in [1.807, 2.05) is 0 Å². The van der Waals surface area contributed by atoms with Crippen LogP contribution < -0.4 is 10.6 Å². The fourth-order valence-corrected chi connectivity index (χ4v) is 6.48. The minimum Gasteiger partial charge on any atom is -0.376 e. The van der Waals surface area contributed by atoms with Crippen LogP contribution in [-0.2, 0) is 5.41 Å². The van der Waals surface area contributed by atoms with Gasteiger partial charge in [0, 0.05) is 27.9 Å². The Hall–Kier alpha value is -2.48. The van der Waals surface area contributed by atoms with Crippen LogP contribution >= 0.6 is 0 Å². The average molecular weight is 427 g/mol. The van der Waals surface area contributed by atoms with Crippen molar-refractivity contribution in [1.82, 2.24) is 0 Å². The van der Waals surface area contributed by atoms with Gasteiger partial charge in [-0.2, -0.15) is 0 Å². The molecule has 0 aromatic heterocycles. The number of hydrogen-bond acceptors (Lipinski definition) is 2. The SMILES string of the molecule is CC1=CC(C)(C)Nc2cc(C3(c4ccc5c(c4)NC(C)(C)C=C5C)CCCCC3)ccc21. The lowest BCUT2D eigenvalue weighted by Gasteiger charge is -2.41. The quantitative estimate of drug-likeness (QED) is 0.506. The molecule has 0 unspecified atom stereocenters. The van der Waals surface area contributed by atoms with Crippen molar-refractivity contribution in [3.63, 3.8) is 0 Å². The van der Waals surface area contributed by atoms with Crippen LogP contribution in [0.5, 0.6) is 0 Å². The molecular formula is C30H38N2. The van der Waals surface area contributed by atoms with Gasteiger partial charge in [0.1, 0.15) is 0 Å². The molecule has 1 saturated carbocycles. The van der Waals surface area contributed by atoms with E-state index in [0.717, 1.165) is 0 Å². The number of fused-ring (bicyclic) bond motifs is 2. The van der Waals surface area contributed by atoms with Gasteiger partial charge in [0.25, 0.3) is 0 Å². The fraction of sp³-hybridized carbons (Fsp3) is 0.467. The van der Waals surface area contributed by atoms with Crippen LogP contribution in [0.4, 0.5) is 11.4 Å². The van der Waals surface area contributed by atoms with Crippen LogP contribution in [0.2, 0.25) is 0 Å². The normalized spacial score (nSPS) is 22.4. The molecule has 0 spiro atoms. The van der Waals surface area contributed by atoms with E-state index in [2.05, 4.69) is 101 Å². The van der Waals surface area contributed by atoms with E-state index in [4.69, 9.17) is 0 Å². The molecule has 2 aromatic carbocycles. The maximum atomic E-state index is 3.79. The molecule has 5 rings (SSSR count). The van der Waals surface area contributed by atoms with Gasteiger partial charge in [-0.05, 0) is 88.8 Å². The highest BCUT2D eigenvalue weighted by molar-refractivity contribution is 5.82. The second-order valence-electron chi connectivity index (χ2n) is 11.5. The zero-order chi connectivity index (χ0) is 22.7. The summed E-state index contributed by atoms with van der Waals surface area (Å²) in [5.41, 5.74) is 11.0. The third-order valence-electron chi connectivity index (χ3n) is 7.77. The van der Waals surface area contributed by atoms with Gasteiger partial charge < -0.3 is 10.6 Å². The molecule has 168 valence electrons. The van der Waals surface area contributed by atoms with E-state index in [0.29, 0.717) is 0 Å². The van der Waals surface area contributed by atoms with Crippen LogP contribution in [0.1, 0.15) is 95.9 Å².